The van der Waals surface area contributed by atoms with E-state index in [0.717, 1.165) is 4.90 Å². The number of carboxylic acid groups (broad SMARTS) is 1. The van der Waals surface area contributed by atoms with Gasteiger partial charge in [-0.1, -0.05) is 5.92 Å². The second-order valence-electron chi connectivity index (χ2n) is 3.03. The van der Waals surface area contributed by atoms with E-state index in [-0.39, 0.29) is 13.1 Å². The van der Waals surface area contributed by atoms with Crippen molar-refractivity contribution in [3.05, 3.63) is 0 Å². The Bertz CT molecular complexity index is 263. The van der Waals surface area contributed by atoms with E-state index >= 15 is 0 Å². The minimum atomic E-state index is -1.13. The van der Waals surface area contributed by atoms with Gasteiger partial charge in [0.2, 0.25) is 0 Å². The number of hydrogen-bond donors (Lipinski definition) is 3. The summed E-state index contributed by atoms with van der Waals surface area (Å²) in [5, 5.41) is 27.4. The van der Waals surface area contributed by atoms with E-state index in [1.807, 2.05) is 0 Å². The lowest BCUT2D eigenvalue weighted by Crippen LogP contribution is -2.43. The Hall–Kier alpha value is -1.13. The molecule has 6 heteroatoms. The lowest BCUT2D eigenvalue weighted by molar-refractivity contribution is -0.148. The van der Waals surface area contributed by atoms with Crippen LogP contribution < -0.4 is 0 Å². The molecule has 78 valence electrons. The molecule has 14 heavy (non-hydrogen) atoms. The summed E-state index contributed by atoms with van der Waals surface area (Å²) in [4.78, 5) is 12.9. The topological polar surface area (TPSA) is 84.2 Å². The number of aliphatic carboxylic acids is 1. The summed E-state index contributed by atoms with van der Waals surface area (Å²) < 4.78 is 0. The average molecular weight is 200 g/mol. The maximum Gasteiger partial charge on any atom is 0.317 e. The second kappa shape index (κ2) is 4.39. The Morgan fingerprint density at radius 3 is 2.71 bits per heavy atom. The van der Waals surface area contributed by atoms with Crippen molar-refractivity contribution < 1.29 is 20.1 Å². The number of aliphatic hydroxyl groups is 2. The highest BCUT2D eigenvalue weighted by Crippen LogP contribution is 2.15. The first kappa shape index (κ1) is 10.9. The van der Waals surface area contributed by atoms with Crippen molar-refractivity contribution in [2.75, 3.05) is 19.6 Å². The van der Waals surface area contributed by atoms with E-state index < -0.39 is 25.1 Å². The number of carbonyl (C=O) groups is 1. The van der Waals surface area contributed by atoms with Gasteiger partial charge in [-0.15, -0.1) is 6.42 Å². The summed E-state index contributed by atoms with van der Waals surface area (Å²) in [5.41, 5.74) is 0. The third-order valence-corrected chi connectivity index (χ3v) is 2.02. The zero-order chi connectivity index (χ0) is 10.7. The maximum atomic E-state index is 10.4. The van der Waals surface area contributed by atoms with E-state index in [0.29, 0.717) is 0 Å². The number of carboxylic acids is 1. The van der Waals surface area contributed by atoms with Gasteiger partial charge in [0.15, 0.2) is 6.35 Å². The van der Waals surface area contributed by atoms with Crippen LogP contribution >= 0.6 is 0 Å². The summed E-state index contributed by atoms with van der Waals surface area (Å²) >= 11 is 0. The normalized spacial score (nSPS) is 28.9. The summed E-state index contributed by atoms with van der Waals surface area (Å²) in [6.07, 6.45) is 2.92. The lowest BCUT2D eigenvalue weighted by Gasteiger charge is -2.23. The fraction of sp³-hybridized carbons (Fsp3) is 0.625. The van der Waals surface area contributed by atoms with Crippen LogP contribution in [0.15, 0.2) is 0 Å². The fourth-order valence-corrected chi connectivity index (χ4v) is 1.38. The summed E-state index contributed by atoms with van der Waals surface area (Å²) in [6.45, 7) is -0.0869. The van der Waals surface area contributed by atoms with Gasteiger partial charge >= 0.3 is 5.97 Å². The number of terminal acetylenes is 1. The molecular weight excluding hydrogens is 188 g/mol. The Balaban J connectivity index is 2.61. The molecule has 6 nitrogen and oxygen atoms in total. The number of nitrogens with zero attached hydrogens (tertiary/aromatic N) is 2. The molecule has 1 saturated heterocycles. The van der Waals surface area contributed by atoms with Crippen LogP contribution in [0.5, 0.6) is 0 Å². The smallest absolute Gasteiger partial charge is 0.317 e. The molecule has 0 aromatic heterocycles. The third kappa shape index (κ3) is 2.21. The highest BCUT2D eigenvalue weighted by molar-refractivity contribution is 5.69. The third-order valence-electron chi connectivity index (χ3n) is 2.02. The highest BCUT2D eigenvalue weighted by atomic mass is 16.4. The predicted octanol–water partition coefficient (Wildman–Crippen LogP) is -2.08. The molecule has 3 N–H and O–H groups in total. The Morgan fingerprint density at radius 2 is 2.21 bits per heavy atom. The molecule has 1 rings (SSSR count). The van der Waals surface area contributed by atoms with Crippen LogP contribution in [0.25, 0.3) is 0 Å². The minimum absolute atomic E-state index is 0.151. The minimum Gasteiger partial charge on any atom is -0.480 e. The molecule has 0 saturated carbocycles. The standard InChI is InChI=1S/C8H12N2O4/c1-2-3-9-4-6(11)10(8(9)14)5-7(12)13/h1,6,8,11,14H,3-5H2,(H,12,13). The SMILES string of the molecule is C#CCN1CC(O)N(CC(=O)O)C1O. The van der Waals surface area contributed by atoms with E-state index in [1.54, 1.807) is 0 Å². The van der Waals surface area contributed by atoms with E-state index in [9.17, 15) is 15.0 Å². The predicted molar refractivity (Wildman–Crippen MR) is 46.8 cm³/mol. The molecule has 0 aromatic carbocycles. The summed E-state index contributed by atoms with van der Waals surface area (Å²) in [6, 6.07) is 0. The molecule has 0 amide bonds. The molecule has 1 aliphatic heterocycles. The van der Waals surface area contributed by atoms with Gasteiger partial charge < -0.3 is 15.3 Å². The van der Waals surface area contributed by atoms with Gasteiger partial charge in [-0.3, -0.25) is 9.69 Å². The zero-order valence-corrected chi connectivity index (χ0v) is 7.50. The van der Waals surface area contributed by atoms with Crippen LogP contribution in [0.4, 0.5) is 0 Å². The van der Waals surface area contributed by atoms with Crippen LogP contribution in [0.2, 0.25) is 0 Å². The first-order valence-electron chi connectivity index (χ1n) is 4.07. The first-order chi connectivity index (χ1) is 6.56. The molecule has 0 radical (unpaired) electrons. The maximum absolute atomic E-state index is 10.4. The van der Waals surface area contributed by atoms with Crippen molar-refractivity contribution >= 4 is 5.97 Å². The van der Waals surface area contributed by atoms with Gasteiger partial charge in [0, 0.05) is 6.54 Å². The quantitative estimate of drug-likeness (QED) is 0.453. The number of aliphatic hydroxyl groups excluding tert-OH is 2. The van der Waals surface area contributed by atoms with E-state index in [2.05, 4.69) is 5.92 Å². The van der Waals surface area contributed by atoms with E-state index in [1.165, 1.54) is 4.90 Å². The van der Waals surface area contributed by atoms with Gasteiger partial charge in [-0.2, -0.15) is 0 Å². The first-order valence-corrected chi connectivity index (χ1v) is 4.07. The fourth-order valence-electron chi connectivity index (χ4n) is 1.38. The van der Waals surface area contributed by atoms with Gasteiger partial charge in [0.25, 0.3) is 0 Å². The van der Waals surface area contributed by atoms with Crippen LogP contribution in [-0.2, 0) is 4.79 Å². The van der Waals surface area contributed by atoms with Crippen LogP contribution in [0.1, 0.15) is 0 Å². The number of β-amino-alcohol motifs (C(OH)–C–C–N with tert-alkyl or cyclic N) is 1. The van der Waals surface area contributed by atoms with Crippen molar-refractivity contribution in [3.63, 3.8) is 0 Å². The van der Waals surface area contributed by atoms with Crippen LogP contribution in [0, 0.1) is 12.3 Å². The van der Waals surface area contributed by atoms with Crippen LogP contribution in [0.3, 0.4) is 0 Å². The Kier molecular flexibility index (Phi) is 3.43. The van der Waals surface area contributed by atoms with Crippen molar-refractivity contribution in [2.45, 2.75) is 12.6 Å². The molecule has 0 aromatic rings. The van der Waals surface area contributed by atoms with Gasteiger partial charge in [-0.25, -0.2) is 4.90 Å². The van der Waals surface area contributed by atoms with Gasteiger partial charge in [-0.05, 0) is 0 Å². The number of hydrogen-bond acceptors (Lipinski definition) is 5. The average Bonchev–Trinajstić information content (AvgIpc) is 2.33. The molecule has 2 atom stereocenters. The molecule has 1 heterocycles. The van der Waals surface area contributed by atoms with Crippen molar-refractivity contribution in [1.82, 2.24) is 9.80 Å². The lowest BCUT2D eigenvalue weighted by atomic mass is 10.5. The summed E-state index contributed by atoms with van der Waals surface area (Å²) in [7, 11) is 0. The monoisotopic (exact) mass is 200 g/mol. The van der Waals surface area contributed by atoms with Gasteiger partial charge in [0.1, 0.15) is 12.8 Å². The molecular formula is C8H12N2O4. The number of rotatable bonds is 3. The van der Waals surface area contributed by atoms with E-state index in [4.69, 9.17) is 11.5 Å². The van der Waals surface area contributed by atoms with Gasteiger partial charge in [0.05, 0.1) is 6.54 Å². The largest absolute Gasteiger partial charge is 0.480 e. The Morgan fingerprint density at radius 1 is 1.57 bits per heavy atom. The zero-order valence-electron chi connectivity index (χ0n) is 7.50. The molecule has 1 aliphatic rings. The molecule has 0 bridgehead atoms. The van der Waals surface area contributed by atoms with Crippen molar-refractivity contribution in [1.29, 1.82) is 0 Å². The highest BCUT2D eigenvalue weighted by Gasteiger charge is 2.37. The van der Waals surface area contributed by atoms with Crippen molar-refractivity contribution in [2.24, 2.45) is 0 Å². The van der Waals surface area contributed by atoms with Crippen LogP contribution in [-0.4, -0.2) is 63.3 Å². The van der Waals surface area contributed by atoms with Crippen molar-refractivity contribution in [3.8, 4) is 12.3 Å². The molecule has 0 spiro atoms. The molecule has 0 aliphatic carbocycles. The molecule has 2 unspecified atom stereocenters. The second-order valence-corrected chi connectivity index (χ2v) is 3.03. The summed E-state index contributed by atoms with van der Waals surface area (Å²) in [5.74, 6) is 1.21. The Labute approximate surface area is 81.4 Å². The molecule has 1 fully saturated rings.